The van der Waals surface area contributed by atoms with Crippen molar-refractivity contribution in [3.8, 4) is 0 Å². The Labute approximate surface area is 123 Å². The SMILES string of the molecule is CCNCc1ccc(CN2CCC(CN(C)C)CC2)o1. The molecule has 1 aromatic heterocycles. The van der Waals surface area contributed by atoms with E-state index in [9.17, 15) is 0 Å². The van der Waals surface area contributed by atoms with E-state index < -0.39 is 0 Å². The first kappa shape index (κ1) is 15.5. The number of rotatable bonds is 7. The molecular weight excluding hydrogens is 250 g/mol. The average Bonchev–Trinajstić information content (AvgIpc) is 2.86. The Kier molecular flexibility index (Phi) is 6.07. The van der Waals surface area contributed by atoms with Crippen LogP contribution < -0.4 is 5.32 Å². The van der Waals surface area contributed by atoms with E-state index in [1.165, 1.54) is 32.5 Å². The first-order chi connectivity index (χ1) is 9.67. The molecule has 2 heterocycles. The van der Waals surface area contributed by atoms with Gasteiger partial charge in [0, 0.05) is 6.54 Å². The molecule has 1 saturated heterocycles. The minimum atomic E-state index is 0.835. The summed E-state index contributed by atoms with van der Waals surface area (Å²) in [7, 11) is 4.34. The molecule has 0 saturated carbocycles. The third-order valence-electron chi connectivity index (χ3n) is 3.98. The normalized spacial score (nSPS) is 18.0. The zero-order chi connectivity index (χ0) is 14.4. The quantitative estimate of drug-likeness (QED) is 0.829. The summed E-state index contributed by atoms with van der Waals surface area (Å²) in [6.07, 6.45) is 2.62. The molecule has 4 nitrogen and oxygen atoms in total. The Morgan fingerprint density at radius 2 is 1.95 bits per heavy atom. The smallest absolute Gasteiger partial charge is 0.118 e. The highest BCUT2D eigenvalue weighted by molar-refractivity contribution is 5.07. The van der Waals surface area contributed by atoms with E-state index in [4.69, 9.17) is 4.42 Å². The van der Waals surface area contributed by atoms with Gasteiger partial charge in [-0.05, 0) is 64.6 Å². The molecule has 0 amide bonds. The Balaban J connectivity index is 1.73. The summed E-state index contributed by atoms with van der Waals surface area (Å²) in [5, 5.41) is 3.29. The summed E-state index contributed by atoms with van der Waals surface area (Å²) in [5.41, 5.74) is 0. The lowest BCUT2D eigenvalue weighted by Crippen LogP contribution is -2.36. The van der Waals surface area contributed by atoms with E-state index in [0.29, 0.717) is 0 Å². The number of nitrogens with one attached hydrogen (secondary N) is 1. The molecule has 1 aliphatic heterocycles. The zero-order valence-electron chi connectivity index (χ0n) is 13.2. The molecule has 1 aromatic rings. The number of hydrogen-bond donors (Lipinski definition) is 1. The molecule has 20 heavy (non-hydrogen) atoms. The molecule has 0 unspecified atom stereocenters. The Bertz CT molecular complexity index is 381. The van der Waals surface area contributed by atoms with E-state index in [1.807, 2.05) is 0 Å². The molecule has 0 bridgehead atoms. The lowest BCUT2D eigenvalue weighted by atomic mass is 9.96. The van der Waals surface area contributed by atoms with Crippen LogP contribution in [0.3, 0.4) is 0 Å². The molecule has 0 aromatic carbocycles. The lowest BCUT2D eigenvalue weighted by Gasteiger charge is -2.32. The van der Waals surface area contributed by atoms with E-state index >= 15 is 0 Å². The van der Waals surface area contributed by atoms with Crippen LogP contribution in [0.15, 0.2) is 16.5 Å². The molecular formula is C16H29N3O. The molecule has 2 rings (SSSR count). The van der Waals surface area contributed by atoms with Gasteiger partial charge in [0.15, 0.2) is 0 Å². The minimum absolute atomic E-state index is 0.835. The van der Waals surface area contributed by atoms with Crippen molar-refractivity contribution >= 4 is 0 Å². The van der Waals surface area contributed by atoms with Crippen LogP contribution in [0.5, 0.6) is 0 Å². The molecule has 114 valence electrons. The predicted octanol–water partition coefficient (Wildman–Crippen LogP) is 2.16. The van der Waals surface area contributed by atoms with E-state index in [0.717, 1.165) is 37.1 Å². The molecule has 1 N–H and O–H groups in total. The van der Waals surface area contributed by atoms with Crippen molar-refractivity contribution in [2.45, 2.75) is 32.9 Å². The van der Waals surface area contributed by atoms with Crippen molar-refractivity contribution in [2.24, 2.45) is 5.92 Å². The standard InChI is InChI=1S/C16H29N3O/c1-4-17-11-15-5-6-16(20-15)13-19-9-7-14(8-10-19)12-18(2)3/h5-6,14,17H,4,7-13H2,1-3H3. The summed E-state index contributed by atoms with van der Waals surface area (Å²) < 4.78 is 5.87. The second-order valence-corrected chi connectivity index (χ2v) is 6.13. The highest BCUT2D eigenvalue weighted by Gasteiger charge is 2.20. The van der Waals surface area contributed by atoms with Gasteiger partial charge in [-0.1, -0.05) is 6.92 Å². The molecule has 1 fully saturated rings. The van der Waals surface area contributed by atoms with Crippen molar-refractivity contribution in [1.82, 2.24) is 15.1 Å². The Hall–Kier alpha value is -0.840. The number of furan rings is 1. The van der Waals surface area contributed by atoms with E-state index in [1.54, 1.807) is 0 Å². The van der Waals surface area contributed by atoms with Crippen molar-refractivity contribution < 1.29 is 4.42 Å². The van der Waals surface area contributed by atoms with Crippen LogP contribution in [-0.2, 0) is 13.1 Å². The number of nitrogens with zero attached hydrogens (tertiary/aromatic N) is 2. The third kappa shape index (κ3) is 4.93. The lowest BCUT2D eigenvalue weighted by molar-refractivity contribution is 0.148. The van der Waals surface area contributed by atoms with Gasteiger partial charge in [0.25, 0.3) is 0 Å². The monoisotopic (exact) mass is 279 g/mol. The summed E-state index contributed by atoms with van der Waals surface area (Å²) in [6.45, 7) is 8.50. The van der Waals surface area contributed by atoms with Crippen LogP contribution in [0.25, 0.3) is 0 Å². The summed E-state index contributed by atoms with van der Waals surface area (Å²) in [4.78, 5) is 4.82. The molecule has 1 aliphatic rings. The maximum absolute atomic E-state index is 5.87. The van der Waals surface area contributed by atoms with Gasteiger partial charge in [-0.2, -0.15) is 0 Å². The van der Waals surface area contributed by atoms with Crippen LogP contribution in [0.1, 0.15) is 31.3 Å². The third-order valence-corrected chi connectivity index (χ3v) is 3.98. The van der Waals surface area contributed by atoms with Crippen LogP contribution in [0.4, 0.5) is 0 Å². The van der Waals surface area contributed by atoms with Gasteiger partial charge in [-0.3, -0.25) is 4.90 Å². The fourth-order valence-electron chi connectivity index (χ4n) is 2.91. The van der Waals surface area contributed by atoms with Crippen molar-refractivity contribution in [2.75, 3.05) is 40.3 Å². The topological polar surface area (TPSA) is 31.6 Å². The highest BCUT2D eigenvalue weighted by Crippen LogP contribution is 2.20. The van der Waals surface area contributed by atoms with Gasteiger partial charge in [0.2, 0.25) is 0 Å². The average molecular weight is 279 g/mol. The number of piperidine rings is 1. The van der Waals surface area contributed by atoms with Gasteiger partial charge < -0.3 is 14.6 Å². The van der Waals surface area contributed by atoms with Crippen LogP contribution in [-0.4, -0.2) is 50.1 Å². The predicted molar refractivity (Wildman–Crippen MR) is 82.6 cm³/mol. The zero-order valence-corrected chi connectivity index (χ0v) is 13.2. The molecule has 0 spiro atoms. The van der Waals surface area contributed by atoms with Gasteiger partial charge in [0.05, 0.1) is 13.1 Å². The Morgan fingerprint density at radius 1 is 1.25 bits per heavy atom. The van der Waals surface area contributed by atoms with Crippen molar-refractivity contribution in [3.05, 3.63) is 23.7 Å². The van der Waals surface area contributed by atoms with E-state index in [2.05, 4.69) is 48.3 Å². The fraction of sp³-hybridized carbons (Fsp3) is 0.750. The van der Waals surface area contributed by atoms with Crippen LogP contribution in [0.2, 0.25) is 0 Å². The molecule has 0 aliphatic carbocycles. The molecule has 4 heteroatoms. The van der Waals surface area contributed by atoms with Crippen LogP contribution >= 0.6 is 0 Å². The first-order valence-corrected chi connectivity index (χ1v) is 7.82. The number of hydrogen-bond acceptors (Lipinski definition) is 4. The fourth-order valence-corrected chi connectivity index (χ4v) is 2.91. The van der Waals surface area contributed by atoms with Crippen LogP contribution in [0, 0.1) is 5.92 Å². The first-order valence-electron chi connectivity index (χ1n) is 7.82. The van der Waals surface area contributed by atoms with Gasteiger partial charge >= 0.3 is 0 Å². The van der Waals surface area contributed by atoms with Gasteiger partial charge in [0.1, 0.15) is 11.5 Å². The molecule has 0 atom stereocenters. The largest absolute Gasteiger partial charge is 0.463 e. The number of likely N-dealkylation sites (tertiary alicyclic amines) is 1. The second kappa shape index (κ2) is 7.81. The van der Waals surface area contributed by atoms with Gasteiger partial charge in [-0.15, -0.1) is 0 Å². The Morgan fingerprint density at radius 3 is 2.60 bits per heavy atom. The maximum Gasteiger partial charge on any atom is 0.118 e. The van der Waals surface area contributed by atoms with E-state index in [-0.39, 0.29) is 0 Å². The summed E-state index contributed by atoms with van der Waals surface area (Å²) in [5.74, 6) is 3.01. The minimum Gasteiger partial charge on any atom is -0.463 e. The highest BCUT2D eigenvalue weighted by atomic mass is 16.3. The molecule has 0 radical (unpaired) electrons. The summed E-state index contributed by atoms with van der Waals surface area (Å²) in [6, 6.07) is 4.22. The van der Waals surface area contributed by atoms with Gasteiger partial charge in [-0.25, -0.2) is 0 Å². The maximum atomic E-state index is 5.87. The van der Waals surface area contributed by atoms with Crippen molar-refractivity contribution in [1.29, 1.82) is 0 Å². The summed E-state index contributed by atoms with van der Waals surface area (Å²) >= 11 is 0. The van der Waals surface area contributed by atoms with Crippen molar-refractivity contribution in [3.63, 3.8) is 0 Å². The second-order valence-electron chi connectivity index (χ2n) is 6.13.